The molecule has 2 rings (SSSR count). The number of carbonyl (C=O) groups excluding carboxylic acids is 1. The molecule has 4 heteroatoms. The molecule has 2 unspecified atom stereocenters. The van der Waals surface area contributed by atoms with Crippen molar-refractivity contribution in [2.24, 2.45) is 5.92 Å². The predicted molar refractivity (Wildman–Crippen MR) is 71.4 cm³/mol. The molecular weight excluding hydrogens is 228 g/mol. The second kappa shape index (κ2) is 6.53. The van der Waals surface area contributed by atoms with Crippen LogP contribution in [-0.2, 0) is 9.53 Å². The van der Waals surface area contributed by atoms with Gasteiger partial charge in [-0.25, -0.2) is 0 Å². The molecule has 1 N–H and O–H groups in total. The number of likely N-dealkylation sites (tertiary alicyclic amines) is 1. The quantitative estimate of drug-likeness (QED) is 0.728. The normalized spacial score (nSPS) is 26.9. The monoisotopic (exact) mass is 254 g/mol. The van der Waals surface area contributed by atoms with E-state index in [1.165, 1.54) is 25.7 Å². The van der Waals surface area contributed by atoms with Crippen molar-refractivity contribution in [2.75, 3.05) is 26.2 Å². The topological polar surface area (TPSA) is 41.6 Å². The lowest BCUT2D eigenvalue weighted by molar-refractivity contribution is -0.149. The highest BCUT2D eigenvalue weighted by atomic mass is 16.5. The Morgan fingerprint density at radius 2 is 2.22 bits per heavy atom. The van der Waals surface area contributed by atoms with Crippen molar-refractivity contribution < 1.29 is 9.53 Å². The van der Waals surface area contributed by atoms with Crippen LogP contribution in [0.5, 0.6) is 0 Å². The Bertz CT molecular complexity index is 279. The number of piperidine rings is 1. The summed E-state index contributed by atoms with van der Waals surface area (Å²) in [6.45, 7) is 7.47. The van der Waals surface area contributed by atoms with Crippen LogP contribution in [0.4, 0.5) is 0 Å². The average molecular weight is 254 g/mol. The van der Waals surface area contributed by atoms with E-state index in [9.17, 15) is 4.79 Å². The van der Waals surface area contributed by atoms with Gasteiger partial charge >= 0.3 is 5.97 Å². The van der Waals surface area contributed by atoms with Gasteiger partial charge in [0.15, 0.2) is 0 Å². The molecule has 0 amide bonds. The lowest BCUT2D eigenvalue weighted by Gasteiger charge is -2.35. The molecule has 0 radical (unpaired) electrons. The molecule has 1 saturated heterocycles. The number of rotatable bonds is 6. The fraction of sp³-hybridized carbons (Fsp3) is 0.929. The third-order valence-corrected chi connectivity index (χ3v) is 4.00. The molecule has 18 heavy (non-hydrogen) atoms. The lowest BCUT2D eigenvalue weighted by Crippen LogP contribution is -2.47. The number of nitrogens with one attached hydrogen (secondary N) is 1. The van der Waals surface area contributed by atoms with Crippen molar-refractivity contribution in [1.82, 2.24) is 10.2 Å². The molecule has 1 aliphatic heterocycles. The molecule has 4 nitrogen and oxygen atoms in total. The number of ether oxygens (including phenoxy) is 1. The zero-order valence-corrected chi connectivity index (χ0v) is 11.7. The van der Waals surface area contributed by atoms with Crippen LogP contribution in [0.25, 0.3) is 0 Å². The SMILES string of the molecule is CCOC(=O)C(C)N1CCCC(CNC2CC2)C1. The number of hydrogen-bond acceptors (Lipinski definition) is 4. The minimum Gasteiger partial charge on any atom is -0.465 e. The Balaban J connectivity index is 1.75. The highest BCUT2D eigenvalue weighted by Gasteiger charge is 2.29. The molecule has 2 atom stereocenters. The maximum atomic E-state index is 11.7. The minimum absolute atomic E-state index is 0.0756. The Labute approximate surface area is 110 Å². The first-order chi connectivity index (χ1) is 8.70. The van der Waals surface area contributed by atoms with Gasteiger partial charge in [0.2, 0.25) is 0 Å². The Morgan fingerprint density at radius 1 is 1.44 bits per heavy atom. The first-order valence-corrected chi connectivity index (χ1v) is 7.34. The van der Waals surface area contributed by atoms with Crippen LogP contribution in [0.1, 0.15) is 39.5 Å². The standard InChI is InChI=1S/C14H26N2O2/c1-3-18-14(17)11(2)16-8-4-5-12(10-16)9-15-13-6-7-13/h11-13,15H,3-10H2,1-2H3. The summed E-state index contributed by atoms with van der Waals surface area (Å²) in [5.74, 6) is 0.615. The van der Waals surface area contributed by atoms with E-state index in [2.05, 4.69) is 10.2 Å². The predicted octanol–water partition coefficient (Wildman–Crippen LogP) is 1.40. The molecule has 1 saturated carbocycles. The van der Waals surface area contributed by atoms with Crippen molar-refractivity contribution in [1.29, 1.82) is 0 Å². The first kappa shape index (κ1) is 13.8. The van der Waals surface area contributed by atoms with Gasteiger partial charge in [-0.2, -0.15) is 0 Å². The minimum atomic E-state index is -0.0892. The van der Waals surface area contributed by atoms with Gasteiger partial charge in [-0.05, 0) is 58.5 Å². The second-order valence-electron chi connectivity index (χ2n) is 5.61. The van der Waals surface area contributed by atoms with Crippen molar-refractivity contribution in [3.63, 3.8) is 0 Å². The van der Waals surface area contributed by atoms with Gasteiger partial charge in [0.25, 0.3) is 0 Å². The van der Waals surface area contributed by atoms with E-state index in [0.29, 0.717) is 12.5 Å². The van der Waals surface area contributed by atoms with Gasteiger partial charge < -0.3 is 10.1 Å². The van der Waals surface area contributed by atoms with Gasteiger partial charge in [-0.15, -0.1) is 0 Å². The van der Waals surface area contributed by atoms with Crippen LogP contribution in [0.3, 0.4) is 0 Å². The summed E-state index contributed by atoms with van der Waals surface area (Å²) in [5, 5.41) is 3.60. The first-order valence-electron chi connectivity index (χ1n) is 7.34. The molecular formula is C14H26N2O2. The van der Waals surface area contributed by atoms with E-state index in [1.54, 1.807) is 0 Å². The van der Waals surface area contributed by atoms with E-state index in [4.69, 9.17) is 4.74 Å². The third-order valence-electron chi connectivity index (χ3n) is 4.00. The molecule has 104 valence electrons. The molecule has 2 aliphatic rings. The fourth-order valence-corrected chi connectivity index (χ4v) is 2.65. The molecule has 2 fully saturated rings. The fourth-order valence-electron chi connectivity index (χ4n) is 2.65. The Kier molecular flexibility index (Phi) is 5.01. The van der Waals surface area contributed by atoms with Gasteiger partial charge in [0, 0.05) is 12.6 Å². The van der Waals surface area contributed by atoms with Crippen LogP contribution in [-0.4, -0.2) is 49.2 Å². The summed E-state index contributed by atoms with van der Waals surface area (Å²) in [7, 11) is 0. The van der Waals surface area contributed by atoms with Crippen LogP contribution in [0.2, 0.25) is 0 Å². The smallest absolute Gasteiger partial charge is 0.323 e. The largest absolute Gasteiger partial charge is 0.465 e. The van der Waals surface area contributed by atoms with Gasteiger partial charge in [-0.1, -0.05) is 0 Å². The Morgan fingerprint density at radius 3 is 2.89 bits per heavy atom. The molecule has 0 aromatic rings. The molecule has 0 aromatic carbocycles. The van der Waals surface area contributed by atoms with Gasteiger partial charge in [0.05, 0.1) is 6.61 Å². The summed E-state index contributed by atoms with van der Waals surface area (Å²) in [5.41, 5.74) is 0. The number of nitrogens with zero attached hydrogens (tertiary/aromatic N) is 1. The van der Waals surface area contributed by atoms with E-state index < -0.39 is 0 Å². The van der Waals surface area contributed by atoms with Crippen LogP contribution in [0.15, 0.2) is 0 Å². The number of esters is 1. The van der Waals surface area contributed by atoms with Crippen molar-refractivity contribution in [3.8, 4) is 0 Å². The molecule has 0 aromatic heterocycles. The molecule has 1 heterocycles. The number of carbonyl (C=O) groups is 1. The van der Waals surface area contributed by atoms with Gasteiger partial charge in [0.1, 0.15) is 6.04 Å². The van der Waals surface area contributed by atoms with Crippen LogP contribution < -0.4 is 5.32 Å². The number of hydrogen-bond donors (Lipinski definition) is 1. The van der Waals surface area contributed by atoms with Crippen molar-refractivity contribution >= 4 is 5.97 Å². The summed E-state index contributed by atoms with van der Waals surface area (Å²) in [4.78, 5) is 14.0. The van der Waals surface area contributed by atoms with E-state index in [-0.39, 0.29) is 12.0 Å². The maximum absolute atomic E-state index is 11.7. The molecule has 1 aliphatic carbocycles. The summed E-state index contributed by atoms with van der Waals surface area (Å²) < 4.78 is 5.10. The summed E-state index contributed by atoms with van der Waals surface area (Å²) >= 11 is 0. The van der Waals surface area contributed by atoms with Gasteiger partial charge in [-0.3, -0.25) is 9.69 Å². The summed E-state index contributed by atoms with van der Waals surface area (Å²) in [6, 6.07) is 0.691. The van der Waals surface area contributed by atoms with E-state index in [0.717, 1.165) is 25.7 Å². The summed E-state index contributed by atoms with van der Waals surface area (Å²) in [6.07, 6.45) is 5.16. The zero-order chi connectivity index (χ0) is 13.0. The lowest BCUT2D eigenvalue weighted by atomic mass is 9.96. The average Bonchev–Trinajstić information content (AvgIpc) is 3.20. The molecule has 0 bridgehead atoms. The maximum Gasteiger partial charge on any atom is 0.323 e. The second-order valence-corrected chi connectivity index (χ2v) is 5.61. The third kappa shape index (κ3) is 3.95. The molecule has 0 spiro atoms. The van der Waals surface area contributed by atoms with E-state index >= 15 is 0 Å². The van der Waals surface area contributed by atoms with Crippen LogP contribution in [0, 0.1) is 5.92 Å². The van der Waals surface area contributed by atoms with Crippen LogP contribution >= 0.6 is 0 Å². The van der Waals surface area contributed by atoms with E-state index in [1.807, 2.05) is 13.8 Å². The van der Waals surface area contributed by atoms with Crippen molar-refractivity contribution in [2.45, 2.75) is 51.6 Å². The Hall–Kier alpha value is -0.610. The zero-order valence-electron chi connectivity index (χ0n) is 11.7. The highest BCUT2D eigenvalue weighted by Crippen LogP contribution is 2.22. The highest BCUT2D eigenvalue weighted by molar-refractivity contribution is 5.75. The van der Waals surface area contributed by atoms with Crippen molar-refractivity contribution in [3.05, 3.63) is 0 Å².